The van der Waals surface area contributed by atoms with Crippen LogP contribution in [0.15, 0.2) is 34.8 Å². The molecule has 0 saturated carbocycles. The number of rotatable bonds is 3. The first-order valence-electron chi connectivity index (χ1n) is 4.61. The van der Waals surface area contributed by atoms with Gasteiger partial charge in [0.2, 0.25) is 0 Å². The highest BCUT2D eigenvalue weighted by molar-refractivity contribution is 9.10. The molecule has 0 N–H and O–H groups in total. The van der Waals surface area contributed by atoms with Gasteiger partial charge < -0.3 is 4.74 Å². The molecule has 82 valence electrons. The van der Waals surface area contributed by atoms with E-state index in [0.29, 0.717) is 5.57 Å². The maximum absolute atomic E-state index is 11.0. The van der Waals surface area contributed by atoms with Crippen LogP contribution in [0.1, 0.15) is 12.0 Å². The summed E-state index contributed by atoms with van der Waals surface area (Å²) in [6, 6.07) is 9.42. The van der Waals surface area contributed by atoms with Crippen molar-refractivity contribution in [2.24, 2.45) is 0 Å². The van der Waals surface area contributed by atoms with Crippen LogP contribution in [0.2, 0.25) is 0 Å². The molecule has 0 aromatic heterocycles. The van der Waals surface area contributed by atoms with Gasteiger partial charge in [0.15, 0.2) is 0 Å². The van der Waals surface area contributed by atoms with Crippen LogP contribution in [-0.4, -0.2) is 13.1 Å². The Hall–Kier alpha value is -1.60. The summed E-state index contributed by atoms with van der Waals surface area (Å²) < 4.78 is 5.33. The van der Waals surface area contributed by atoms with E-state index >= 15 is 0 Å². The number of carbonyl (C=O) groups is 1. The first-order valence-corrected chi connectivity index (χ1v) is 5.40. The van der Waals surface area contributed by atoms with Crippen LogP contribution in [0.3, 0.4) is 0 Å². The third kappa shape index (κ3) is 3.21. The predicted molar refractivity (Wildman–Crippen MR) is 64.4 cm³/mol. The fourth-order valence-electron chi connectivity index (χ4n) is 1.16. The Morgan fingerprint density at radius 2 is 2.25 bits per heavy atom. The molecule has 1 aromatic rings. The topological polar surface area (TPSA) is 50.1 Å². The molecule has 0 radical (unpaired) electrons. The lowest BCUT2D eigenvalue weighted by molar-refractivity contribution is -0.139. The summed E-state index contributed by atoms with van der Waals surface area (Å²) in [7, 11) is 1.32. The van der Waals surface area contributed by atoms with Crippen molar-refractivity contribution in [3.63, 3.8) is 0 Å². The summed E-state index contributed by atoms with van der Waals surface area (Å²) in [5.41, 5.74) is 1.23. The van der Waals surface area contributed by atoms with Gasteiger partial charge in [-0.15, -0.1) is 0 Å². The molecule has 1 rings (SSSR count). The van der Waals surface area contributed by atoms with Crippen molar-refractivity contribution in [3.05, 3.63) is 40.4 Å². The van der Waals surface area contributed by atoms with Crippen LogP contribution in [0.5, 0.6) is 0 Å². The molecule has 0 unspecified atom stereocenters. The zero-order chi connectivity index (χ0) is 12.0. The van der Waals surface area contributed by atoms with Gasteiger partial charge in [-0.3, -0.25) is 4.79 Å². The van der Waals surface area contributed by atoms with Crippen molar-refractivity contribution in [2.75, 3.05) is 7.11 Å². The van der Waals surface area contributed by atoms with Crippen molar-refractivity contribution >= 4 is 27.5 Å². The Morgan fingerprint density at radius 3 is 2.81 bits per heavy atom. The second kappa shape index (κ2) is 6.09. The summed E-state index contributed by atoms with van der Waals surface area (Å²) in [4.78, 5) is 11.0. The molecular weight excluding hydrogens is 270 g/mol. The van der Waals surface area contributed by atoms with Crippen LogP contribution in [-0.2, 0) is 9.53 Å². The minimum Gasteiger partial charge on any atom is -0.469 e. The van der Waals surface area contributed by atoms with Crippen molar-refractivity contribution in [1.29, 1.82) is 5.26 Å². The molecule has 0 atom stereocenters. The Labute approximate surface area is 102 Å². The Kier molecular flexibility index (Phi) is 4.74. The van der Waals surface area contributed by atoms with Crippen molar-refractivity contribution in [3.8, 4) is 6.07 Å². The molecule has 0 aliphatic heterocycles. The summed E-state index contributed by atoms with van der Waals surface area (Å²) in [5.74, 6) is -0.361. The minimum absolute atomic E-state index is 0.0979. The van der Waals surface area contributed by atoms with Crippen LogP contribution in [0.4, 0.5) is 0 Å². The lowest BCUT2D eigenvalue weighted by Gasteiger charge is -2.01. The van der Waals surface area contributed by atoms with Gasteiger partial charge in [-0.2, -0.15) is 5.26 Å². The number of benzene rings is 1. The number of hydrogen-bond donors (Lipinski definition) is 0. The number of allylic oxidation sites excluding steroid dienone is 1. The van der Waals surface area contributed by atoms with Crippen LogP contribution in [0, 0.1) is 11.3 Å². The zero-order valence-electron chi connectivity index (χ0n) is 8.74. The van der Waals surface area contributed by atoms with Crippen LogP contribution < -0.4 is 0 Å². The van der Waals surface area contributed by atoms with E-state index in [4.69, 9.17) is 5.26 Å². The SMILES string of the molecule is COC(=O)C/C=C(\C#N)c1ccccc1Br. The van der Waals surface area contributed by atoms with E-state index in [0.717, 1.165) is 10.0 Å². The quantitative estimate of drug-likeness (QED) is 0.631. The first-order chi connectivity index (χ1) is 7.69. The van der Waals surface area contributed by atoms with Gasteiger partial charge in [0.1, 0.15) is 0 Å². The fraction of sp³-hybridized carbons (Fsp3) is 0.167. The molecule has 0 saturated heterocycles. The van der Waals surface area contributed by atoms with E-state index in [1.165, 1.54) is 7.11 Å². The molecule has 4 heteroatoms. The normalized spacial score (nSPS) is 10.7. The number of nitriles is 1. The number of hydrogen-bond acceptors (Lipinski definition) is 3. The number of halogens is 1. The summed E-state index contributed by atoms with van der Waals surface area (Å²) in [5, 5.41) is 9.00. The molecule has 3 nitrogen and oxygen atoms in total. The van der Waals surface area contributed by atoms with E-state index in [1.807, 2.05) is 24.3 Å². The highest BCUT2D eigenvalue weighted by atomic mass is 79.9. The number of nitrogens with zero attached hydrogens (tertiary/aromatic N) is 1. The van der Waals surface area contributed by atoms with E-state index in [-0.39, 0.29) is 12.4 Å². The average molecular weight is 280 g/mol. The largest absolute Gasteiger partial charge is 0.469 e. The van der Waals surface area contributed by atoms with E-state index in [1.54, 1.807) is 6.08 Å². The van der Waals surface area contributed by atoms with E-state index < -0.39 is 0 Å². The molecule has 0 bridgehead atoms. The molecule has 0 spiro atoms. The predicted octanol–water partition coefficient (Wildman–Crippen LogP) is 2.92. The highest BCUT2D eigenvalue weighted by Gasteiger charge is 2.05. The lowest BCUT2D eigenvalue weighted by atomic mass is 10.1. The number of ether oxygens (including phenoxy) is 1. The number of esters is 1. The van der Waals surface area contributed by atoms with Crippen molar-refractivity contribution in [2.45, 2.75) is 6.42 Å². The average Bonchev–Trinajstić information content (AvgIpc) is 2.31. The van der Waals surface area contributed by atoms with E-state index in [9.17, 15) is 4.79 Å². The minimum atomic E-state index is -0.361. The molecule has 0 aliphatic carbocycles. The highest BCUT2D eigenvalue weighted by Crippen LogP contribution is 2.23. The van der Waals surface area contributed by atoms with E-state index in [2.05, 4.69) is 26.7 Å². The Morgan fingerprint density at radius 1 is 1.56 bits per heavy atom. The van der Waals surface area contributed by atoms with Crippen LogP contribution >= 0.6 is 15.9 Å². The number of carbonyl (C=O) groups excluding carboxylic acids is 1. The van der Waals surface area contributed by atoms with Gasteiger partial charge in [-0.1, -0.05) is 40.2 Å². The summed E-state index contributed by atoms with van der Waals surface area (Å²) in [6.45, 7) is 0. The maximum Gasteiger partial charge on any atom is 0.309 e. The molecule has 0 heterocycles. The Balaban J connectivity index is 2.96. The third-order valence-corrected chi connectivity index (χ3v) is 2.68. The molecule has 0 aliphatic rings. The second-order valence-corrected chi connectivity index (χ2v) is 3.84. The monoisotopic (exact) mass is 279 g/mol. The first kappa shape index (κ1) is 12.5. The van der Waals surface area contributed by atoms with Gasteiger partial charge in [-0.25, -0.2) is 0 Å². The molecule has 16 heavy (non-hydrogen) atoms. The summed E-state index contributed by atoms with van der Waals surface area (Å²) >= 11 is 3.35. The smallest absolute Gasteiger partial charge is 0.309 e. The fourth-order valence-corrected chi connectivity index (χ4v) is 1.66. The van der Waals surface area contributed by atoms with Gasteiger partial charge >= 0.3 is 5.97 Å². The molecule has 1 aromatic carbocycles. The molecular formula is C12H10BrNO2. The number of methoxy groups -OCH3 is 1. The van der Waals surface area contributed by atoms with Crippen molar-refractivity contribution in [1.82, 2.24) is 0 Å². The zero-order valence-corrected chi connectivity index (χ0v) is 10.3. The molecule has 0 fully saturated rings. The summed E-state index contributed by atoms with van der Waals surface area (Å²) in [6.07, 6.45) is 1.66. The Bertz CT molecular complexity index is 460. The molecule has 0 amide bonds. The second-order valence-electron chi connectivity index (χ2n) is 2.99. The third-order valence-electron chi connectivity index (χ3n) is 1.99. The van der Waals surface area contributed by atoms with Gasteiger partial charge in [-0.05, 0) is 6.07 Å². The van der Waals surface area contributed by atoms with Gasteiger partial charge in [0, 0.05) is 10.0 Å². The maximum atomic E-state index is 11.0. The van der Waals surface area contributed by atoms with Crippen molar-refractivity contribution < 1.29 is 9.53 Å². The standard InChI is InChI=1S/C12H10BrNO2/c1-16-12(15)7-6-9(8-14)10-4-2-3-5-11(10)13/h2-6H,7H2,1H3/b9-6+. The lowest BCUT2D eigenvalue weighted by Crippen LogP contribution is -1.97. The van der Waals surface area contributed by atoms with Crippen LogP contribution in [0.25, 0.3) is 5.57 Å². The van der Waals surface area contributed by atoms with Gasteiger partial charge in [0.25, 0.3) is 0 Å². The van der Waals surface area contributed by atoms with Gasteiger partial charge in [0.05, 0.1) is 25.2 Å².